The van der Waals surface area contributed by atoms with Gasteiger partial charge in [-0.25, -0.2) is 18.2 Å². The molecule has 1 aliphatic heterocycles. The Bertz CT molecular complexity index is 1280. The molecular formula is C20H24N6O4S2. The summed E-state index contributed by atoms with van der Waals surface area (Å²) in [4.78, 5) is 35.7. The van der Waals surface area contributed by atoms with Crippen LogP contribution in [-0.2, 0) is 14.8 Å². The monoisotopic (exact) mass is 476 g/mol. The molecule has 1 fully saturated rings. The molecule has 0 saturated carbocycles. The van der Waals surface area contributed by atoms with E-state index >= 15 is 0 Å². The molecule has 2 aromatic heterocycles. The maximum absolute atomic E-state index is 12.8. The Balaban J connectivity index is 1.38. The van der Waals surface area contributed by atoms with Crippen molar-refractivity contribution in [3.63, 3.8) is 0 Å². The van der Waals surface area contributed by atoms with Crippen LogP contribution in [0.4, 0.5) is 5.69 Å². The molecular weight excluding hydrogens is 452 g/mol. The molecule has 4 rings (SSSR count). The van der Waals surface area contributed by atoms with Gasteiger partial charge < -0.3 is 20.2 Å². The number of piperazine rings is 1. The number of hydrogen-bond donors (Lipinski definition) is 3. The number of H-pyrrole nitrogens is 2. The first-order chi connectivity index (χ1) is 15.2. The van der Waals surface area contributed by atoms with Crippen molar-refractivity contribution in [2.24, 2.45) is 0 Å². The smallest absolute Gasteiger partial charge is 0.323 e. The number of fused-ring (bicyclic) bond motifs is 1. The number of pyridine rings is 1. The topological polar surface area (TPSA) is 131 Å². The first kappa shape index (κ1) is 22.5. The number of sulfonamides is 1. The third kappa shape index (κ3) is 4.88. The average molecular weight is 477 g/mol. The lowest BCUT2D eigenvalue weighted by Gasteiger charge is -2.31. The minimum Gasteiger partial charge on any atom is -0.325 e. The predicted molar refractivity (Wildman–Crippen MR) is 123 cm³/mol. The number of nitrogens with zero attached hydrogens (tertiary/aromatic N) is 3. The number of aromatic nitrogens is 3. The molecule has 10 nitrogen and oxygen atoms in total. The summed E-state index contributed by atoms with van der Waals surface area (Å²) in [5.74, 6) is -0.233. The van der Waals surface area contributed by atoms with Crippen LogP contribution < -0.4 is 11.0 Å². The maximum Gasteiger partial charge on any atom is 0.323 e. The van der Waals surface area contributed by atoms with Gasteiger partial charge in [0, 0.05) is 38.1 Å². The van der Waals surface area contributed by atoms with Gasteiger partial charge in [-0.3, -0.25) is 4.79 Å². The number of carbonyl (C=O) groups excluding carboxylic acids is 1. The van der Waals surface area contributed by atoms with E-state index in [1.807, 2.05) is 7.05 Å². The Morgan fingerprint density at radius 3 is 2.53 bits per heavy atom. The van der Waals surface area contributed by atoms with Gasteiger partial charge in [0.1, 0.15) is 4.90 Å². The Morgan fingerprint density at radius 2 is 1.84 bits per heavy atom. The zero-order valence-corrected chi connectivity index (χ0v) is 19.3. The standard InChI is InChI=1S/C20H24N6O4S2/c1-13(19(27)22-14-3-5-16-17(11-14)24-20(28)23-16)31-18-6-4-15(12-21-18)32(29,30)26-9-7-25(2)8-10-26/h3-6,11-13H,7-10H2,1-2H3,(H,22,27)(H2,23,24,28)/t13-/m0/s1. The van der Waals surface area contributed by atoms with Gasteiger partial charge in [-0.15, -0.1) is 0 Å². The van der Waals surface area contributed by atoms with E-state index in [-0.39, 0.29) is 16.5 Å². The van der Waals surface area contributed by atoms with Crippen molar-refractivity contribution < 1.29 is 13.2 Å². The van der Waals surface area contributed by atoms with Crippen LogP contribution in [0.2, 0.25) is 0 Å². The second kappa shape index (κ2) is 9.06. The van der Waals surface area contributed by atoms with E-state index < -0.39 is 15.3 Å². The summed E-state index contributed by atoms with van der Waals surface area (Å²) < 4.78 is 27.1. The van der Waals surface area contributed by atoms with Crippen molar-refractivity contribution in [2.45, 2.75) is 22.1 Å². The number of aromatic amines is 2. The summed E-state index contributed by atoms with van der Waals surface area (Å²) in [5.41, 5.74) is 1.52. The van der Waals surface area contributed by atoms with Crippen LogP contribution in [0.15, 0.2) is 51.2 Å². The first-order valence-corrected chi connectivity index (χ1v) is 12.4. The van der Waals surface area contributed by atoms with Gasteiger partial charge >= 0.3 is 5.69 Å². The normalized spacial score (nSPS) is 16.8. The number of thioether (sulfide) groups is 1. The van der Waals surface area contributed by atoms with Gasteiger partial charge in [0.15, 0.2) is 0 Å². The molecule has 1 aliphatic rings. The maximum atomic E-state index is 12.8. The van der Waals surface area contributed by atoms with Crippen molar-refractivity contribution in [3.05, 3.63) is 47.0 Å². The molecule has 0 radical (unpaired) electrons. The Morgan fingerprint density at radius 1 is 1.12 bits per heavy atom. The number of anilines is 1. The average Bonchev–Trinajstić information content (AvgIpc) is 3.13. The number of rotatable bonds is 6. The zero-order chi connectivity index (χ0) is 22.9. The van der Waals surface area contributed by atoms with Crippen LogP contribution >= 0.6 is 11.8 Å². The molecule has 1 amide bonds. The summed E-state index contributed by atoms with van der Waals surface area (Å²) in [6.45, 7) is 4.04. The molecule has 32 heavy (non-hydrogen) atoms. The number of imidazole rings is 1. The Labute approximate surface area is 189 Å². The van der Waals surface area contributed by atoms with E-state index in [4.69, 9.17) is 0 Å². The van der Waals surface area contributed by atoms with Gasteiger partial charge in [0.25, 0.3) is 0 Å². The van der Waals surface area contributed by atoms with E-state index in [1.54, 1.807) is 31.2 Å². The van der Waals surface area contributed by atoms with E-state index in [9.17, 15) is 18.0 Å². The fourth-order valence-corrected chi connectivity index (χ4v) is 5.51. The third-order valence-corrected chi connectivity index (χ3v) is 8.19. The molecule has 1 saturated heterocycles. The molecule has 3 heterocycles. The highest BCUT2D eigenvalue weighted by atomic mass is 32.2. The molecule has 3 aromatic rings. The van der Waals surface area contributed by atoms with Gasteiger partial charge in [-0.05, 0) is 44.3 Å². The highest BCUT2D eigenvalue weighted by Gasteiger charge is 2.27. The van der Waals surface area contributed by atoms with Gasteiger partial charge in [0.2, 0.25) is 15.9 Å². The summed E-state index contributed by atoms with van der Waals surface area (Å²) in [5, 5.41) is 2.90. The minimum absolute atomic E-state index is 0.150. The highest BCUT2D eigenvalue weighted by Crippen LogP contribution is 2.25. The number of benzene rings is 1. The fourth-order valence-electron chi connectivity index (χ4n) is 3.36. The number of nitrogens with one attached hydrogen (secondary N) is 3. The summed E-state index contributed by atoms with van der Waals surface area (Å²) >= 11 is 1.23. The van der Waals surface area contributed by atoms with Crippen LogP contribution in [0.5, 0.6) is 0 Å². The number of likely N-dealkylation sites (N-methyl/N-ethyl adjacent to an activating group) is 1. The molecule has 0 aliphatic carbocycles. The number of carbonyl (C=O) groups is 1. The van der Waals surface area contributed by atoms with E-state index in [0.717, 1.165) is 0 Å². The second-order valence-corrected chi connectivity index (χ2v) is 10.9. The molecule has 1 aromatic carbocycles. The number of amides is 1. The summed E-state index contributed by atoms with van der Waals surface area (Å²) in [6.07, 6.45) is 1.34. The van der Waals surface area contributed by atoms with E-state index in [2.05, 4.69) is 25.2 Å². The van der Waals surface area contributed by atoms with Gasteiger partial charge in [-0.1, -0.05) is 11.8 Å². The molecule has 0 bridgehead atoms. The lowest BCUT2D eigenvalue weighted by Crippen LogP contribution is -2.47. The zero-order valence-electron chi connectivity index (χ0n) is 17.7. The lowest BCUT2D eigenvalue weighted by atomic mass is 10.2. The van der Waals surface area contributed by atoms with Crippen LogP contribution in [0.25, 0.3) is 11.0 Å². The highest BCUT2D eigenvalue weighted by molar-refractivity contribution is 8.00. The van der Waals surface area contributed by atoms with Crippen LogP contribution in [0.1, 0.15) is 6.92 Å². The van der Waals surface area contributed by atoms with Gasteiger partial charge in [-0.2, -0.15) is 4.31 Å². The minimum atomic E-state index is -3.58. The predicted octanol–water partition coefficient (Wildman–Crippen LogP) is 1.31. The molecule has 0 unspecified atom stereocenters. The van der Waals surface area contributed by atoms with Crippen LogP contribution in [0.3, 0.4) is 0 Å². The van der Waals surface area contributed by atoms with E-state index in [0.29, 0.717) is 47.9 Å². The Kier molecular flexibility index (Phi) is 6.38. The second-order valence-electron chi connectivity index (χ2n) is 7.63. The van der Waals surface area contributed by atoms with Crippen molar-refractivity contribution in [1.29, 1.82) is 0 Å². The Hall–Kier alpha value is -2.67. The first-order valence-electron chi connectivity index (χ1n) is 10.1. The molecule has 170 valence electrons. The fraction of sp³-hybridized carbons (Fsp3) is 0.350. The summed E-state index contributed by atoms with van der Waals surface area (Å²) in [6, 6.07) is 8.25. The van der Waals surface area contributed by atoms with Crippen LogP contribution in [-0.4, -0.2) is 77.0 Å². The van der Waals surface area contributed by atoms with Crippen molar-refractivity contribution in [3.8, 4) is 0 Å². The SMILES string of the molecule is C[C@H](Sc1ccc(S(=O)(=O)N2CCN(C)CC2)cn1)C(=O)Nc1ccc2[nH]c(=O)[nH]c2c1. The quantitative estimate of drug-likeness (QED) is 0.457. The lowest BCUT2D eigenvalue weighted by molar-refractivity contribution is -0.115. The van der Waals surface area contributed by atoms with Crippen molar-refractivity contribution in [1.82, 2.24) is 24.2 Å². The third-order valence-electron chi connectivity index (χ3n) is 5.26. The molecule has 12 heteroatoms. The van der Waals surface area contributed by atoms with Crippen LogP contribution in [0, 0.1) is 0 Å². The molecule has 3 N–H and O–H groups in total. The summed E-state index contributed by atoms with van der Waals surface area (Å²) in [7, 11) is -1.61. The molecule has 0 spiro atoms. The van der Waals surface area contributed by atoms with Crippen molar-refractivity contribution >= 4 is 44.4 Å². The number of hydrogen-bond acceptors (Lipinski definition) is 7. The molecule has 1 atom stereocenters. The van der Waals surface area contributed by atoms with Crippen molar-refractivity contribution in [2.75, 3.05) is 38.5 Å². The van der Waals surface area contributed by atoms with Gasteiger partial charge in [0.05, 0.1) is 21.3 Å². The largest absolute Gasteiger partial charge is 0.325 e. The van der Waals surface area contributed by atoms with E-state index in [1.165, 1.54) is 28.3 Å².